The molecule has 16 aromatic carbocycles. The second-order valence-electron chi connectivity index (χ2n) is 33.0. The van der Waals surface area contributed by atoms with Crippen LogP contribution in [0, 0.1) is 0 Å². The van der Waals surface area contributed by atoms with Gasteiger partial charge in [0.2, 0.25) is 5.71 Å². The van der Waals surface area contributed by atoms with Gasteiger partial charge in [0.05, 0.1) is 22.1 Å². The van der Waals surface area contributed by atoms with Crippen LogP contribution in [0.2, 0.25) is 0 Å². The van der Waals surface area contributed by atoms with Gasteiger partial charge in [-0.15, -0.1) is 0 Å². The van der Waals surface area contributed by atoms with Crippen molar-refractivity contribution in [1.82, 2.24) is 29.9 Å². The SMILES string of the molecule is CC1(C)c2cccc(-c3ncc4c(ccc5ccccc54)n3)c2-c2ccc3c(oc4ccccc43)c21.CC1(C)c2cccc(-c3ncc4c5ccccc5c5ccccc5c4n3)c2-c2ccc3c(oc4ccccc43)c21.CC1(C)c2ccccc2-c2ccc3c(oc4cc(-c5nc(-c6ccccc6)c6c(n5)oc5ccccc56)ccc43)c21. The molecule has 0 fully saturated rings. The predicted octanol–water partition coefficient (Wildman–Crippen LogP) is 28.4. The Kier molecular flexibility index (Phi) is 14.1. The minimum atomic E-state index is -0.228. The molecule has 0 saturated heterocycles. The van der Waals surface area contributed by atoms with Gasteiger partial charge >= 0.3 is 0 Å². The van der Waals surface area contributed by atoms with Gasteiger partial charge in [-0.2, -0.15) is 4.98 Å². The second-order valence-corrected chi connectivity index (χ2v) is 33.0. The van der Waals surface area contributed by atoms with E-state index in [1.165, 1.54) is 99.1 Å². The van der Waals surface area contributed by atoms with Gasteiger partial charge in [0.15, 0.2) is 17.5 Å². The fourth-order valence-electron chi connectivity index (χ4n) is 20.1. The Labute approximate surface area is 671 Å². The van der Waals surface area contributed by atoms with Crippen molar-refractivity contribution in [1.29, 1.82) is 0 Å². The van der Waals surface area contributed by atoms with E-state index >= 15 is 0 Å². The molecule has 117 heavy (non-hydrogen) atoms. The topological polar surface area (TPSA) is 130 Å². The van der Waals surface area contributed by atoms with Gasteiger partial charge in [-0.3, -0.25) is 0 Å². The predicted molar refractivity (Wildman–Crippen MR) is 477 cm³/mol. The Hall–Kier alpha value is -14.7. The molecule has 7 aromatic heterocycles. The first-order valence-electron chi connectivity index (χ1n) is 40.0. The summed E-state index contributed by atoms with van der Waals surface area (Å²) in [5.74, 6) is 2.11. The molecule has 0 amide bonds. The molecule has 0 atom stereocenters. The van der Waals surface area contributed by atoms with Crippen LogP contribution < -0.4 is 0 Å². The van der Waals surface area contributed by atoms with E-state index in [1.54, 1.807) is 0 Å². The zero-order valence-electron chi connectivity index (χ0n) is 64.8. The summed E-state index contributed by atoms with van der Waals surface area (Å²) >= 11 is 0. The summed E-state index contributed by atoms with van der Waals surface area (Å²) in [5.41, 5.74) is 28.2. The molecule has 0 saturated carbocycles. The lowest BCUT2D eigenvalue weighted by Crippen LogP contribution is -2.15. The molecular weight excluding hydrogens is 1430 g/mol. The highest BCUT2D eigenvalue weighted by Crippen LogP contribution is 2.58. The molecule has 26 rings (SSSR count). The summed E-state index contributed by atoms with van der Waals surface area (Å²) in [6, 6.07) is 106. The molecule has 3 aliphatic rings. The zero-order chi connectivity index (χ0) is 77.9. The van der Waals surface area contributed by atoms with E-state index < -0.39 is 0 Å². The summed E-state index contributed by atoms with van der Waals surface area (Å²) < 4.78 is 25.9. The molecule has 3 aliphatic carbocycles. The van der Waals surface area contributed by atoms with E-state index in [9.17, 15) is 0 Å². The number of hydrogen-bond acceptors (Lipinski definition) is 10. The Morgan fingerprint density at radius 2 is 0.709 bits per heavy atom. The van der Waals surface area contributed by atoms with Gasteiger partial charge < -0.3 is 17.7 Å². The average Bonchev–Trinajstić information content (AvgIpc) is 1.55. The van der Waals surface area contributed by atoms with Gasteiger partial charge in [-0.1, -0.05) is 290 Å². The lowest BCUT2D eigenvalue weighted by Gasteiger charge is -2.21. The molecular formula is C107H70N6O4. The zero-order valence-corrected chi connectivity index (χ0v) is 64.8. The number of fused-ring (bicyclic) bond motifs is 33. The van der Waals surface area contributed by atoms with Crippen LogP contribution in [0.4, 0.5) is 0 Å². The van der Waals surface area contributed by atoms with E-state index in [0.717, 1.165) is 144 Å². The van der Waals surface area contributed by atoms with E-state index in [2.05, 4.69) is 296 Å². The molecule has 0 N–H and O–H groups in total. The van der Waals surface area contributed by atoms with Crippen molar-refractivity contribution in [3.05, 3.63) is 349 Å². The van der Waals surface area contributed by atoms with E-state index in [4.69, 9.17) is 47.6 Å². The lowest BCUT2D eigenvalue weighted by molar-refractivity contribution is 0.619. The molecule has 10 nitrogen and oxygen atoms in total. The van der Waals surface area contributed by atoms with Crippen LogP contribution in [0.3, 0.4) is 0 Å². The average molecular weight is 1500 g/mol. The van der Waals surface area contributed by atoms with Gasteiger partial charge in [0, 0.05) is 121 Å². The number of aromatic nitrogens is 6. The Morgan fingerprint density at radius 1 is 0.256 bits per heavy atom. The summed E-state index contributed by atoms with van der Waals surface area (Å²) in [4.78, 5) is 30.3. The molecule has 0 radical (unpaired) electrons. The van der Waals surface area contributed by atoms with Crippen LogP contribution in [0.5, 0.6) is 0 Å². The van der Waals surface area contributed by atoms with Crippen LogP contribution in [-0.2, 0) is 16.2 Å². The maximum Gasteiger partial charge on any atom is 0.231 e. The smallest absolute Gasteiger partial charge is 0.231 e. The summed E-state index contributed by atoms with van der Waals surface area (Å²) in [5, 5.41) is 18.1. The molecule has 0 aliphatic heterocycles. The number of hydrogen-bond donors (Lipinski definition) is 0. The van der Waals surface area contributed by atoms with Crippen LogP contribution in [0.15, 0.2) is 333 Å². The van der Waals surface area contributed by atoms with Crippen LogP contribution in [0.25, 0.3) is 221 Å². The van der Waals surface area contributed by atoms with Gasteiger partial charge in [0.1, 0.15) is 39.1 Å². The highest BCUT2D eigenvalue weighted by atomic mass is 16.3. The molecule has 7 heterocycles. The maximum atomic E-state index is 6.70. The van der Waals surface area contributed by atoms with Gasteiger partial charge in [0.25, 0.3) is 0 Å². The Bertz CT molecular complexity index is 8230. The molecule has 0 unspecified atom stereocenters. The third-order valence-electron chi connectivity index (χ3n) is 25.5. The number of benzene rings is 16. The fourth-order valence-corrected chi connectivity index (χ4v) is 20.1. The quantitative estimate of drug-likeness (QED) is 0.157. The summed E-state index contributed by atoms with van der Waals surface area (Å²) in [6.07, 6.45) is 3.98. The minimum absolute atomic E-state index is 0.151. The first-order chi connectivity index (χ1) is 57.3. The van der Waals surface area contributed by atoms with E-state index in [1.807, 2.05) is 60.9 Å². The Balaban J connectivity index is 0.000000101. The van der Waals surface area contributed by atoms with Gasteiger partial charge in [-0.25, -0.2) is 24.9 Å². The third kappa shape index (κ3) is 9.67. The Morgan fingerprint density at radius 3 is 1.35 bits per heavy atom. The van der Waals surface area contributed by atoms with E-state index in [0.29, 0.717) is 11.5 Å². The molecule has 10 heteroatoms. The fraction of sp³-hybridized carbons (Fsp3) is 0.0841. The highest BCUT2D eigenvalue weighted by molar-refractivity contribution is 6.25. The number of nitrogens with zero attached hydrogens (tertiary/aromatic N) is 6. The van der Waals surface area contributed by atoms with Crippen molar-refractivity contribution in [2.24, 2.45) is 0 Å². The third-order valence-corrected chi connectivity index (χ3v) is 25.5. The first-order valence-corrected chi connectivity index (χ1v) is 40.0. The summed E-state index contributed by atoms with van der Waals surface area (Å²) in [6.45, 7) is 13.8. The van der Waals surface area contributed by atoms with Crippen LogP contribution in [-0.4, -0.2) is 29.9 Å². The van der Waals surface area contributed by atoms with Crippen molar-refractivity contribution in [2.45, 2.75) is 57.8 Å². The maximum absolute atomic E-state index is 6.70. The molecule has 0 bridgehead atoms. The largest absolute Gasteiger partial charge is 0.456 e. The highest BCUT2D eigenvalue weighted by Gasteiger charge is 2.43. The first kappa shape index (κ1) is 66.8. The minimum Gasteiger partial charge on any atom is -0.456 e. The molecule has 552 valence electrons. The second kappa shape index (κ2) is 24.6. The van der Waals surface area contributed by atoms with E-state index in [-0.39, 0.29) is 16.2 Å². The molecule has 23 aromatic rings. The normalized spacial score (nSPS) is 13.9. The number of furan rings is 4. The number of rotatable bonds is 4. The van der Waals surface area contributed by atoms with Gasteiger partial charge in [-0.05, 0) is 132 Å². The standard InChI is InChI=1S/C37H24N2O2.C37H24N2O.C33H22N2O/c1-37(2)28-14-8-6-12-23(28)25-18-19-26-24-17-16-22(20-30(24)40-34(26)32(25)37)35-38-33(21-10-4-3-5-11-21)31-27-13-7-9-15-29(27)41-36(31)39-35;1-37(2)30-16-9-15-28(32(30)27-19-18-26-24-13-7-8-17-31(24)40-35(26)33(27)37)36-38-20-29-23-12-4-3-10-21(23)22-11-5-6-14-25(22)34(29)39-36;1-33(2)26-12-7-11-24(32-34-18-25-20-9-4-3-8-19(20)14-17-27(25)35-32)29(26)23-16-15-22-21-10-5-6-13-28(21)36-31(22)30(23)33/h3-20H,1-2H3;3-20H,1-2H3;3-18H,1-2H3. The van der Waals surface area contributed by atoms with Crippen molar-refractivity contribution >= 4 is 142 Å². The number of para-hydroxylation sites is 3. The van der Waals surface area contributed by atoms with Crippen LogP contribution in [0.1, 0.15) is 74.9 Å². The van der Waals surface area contributed by atoms with Crippen LogP contribution >= 0.6 is 0 Å². The summed E-state index contributed by atoms with van der Waals surface area (Å²) in [7, 11) is 0. The van der Waals surface area contributed by atoms with Crippen molar-refractivity contribution in [3.63, 3.8) is 0 Å². The monoisotopic (exact) mass is 1500 g/mol. The van der Waals surface area contributed by atoms with Crippen molar-refractivity contribution in [2.75, 3.05) is 0 Å². The molecule has 0 spiro atoms. The van der Waals surface area contributed by atoms with Crippen molar-refractivity contribution in [3.8, 4) is 78.8 Å². The lowest BCUT2D eigenvalue weighted by atomic mass is 9.81. The van der Waals surface area contributed by atoms with Crippen molar-refractivity contribution < 1.29 is 17.7 Å².